The number of nitrogens with zero attached hydrogens (tertiary/aromatic N) is 4. The number of H-pyrrole nitrogens is 1. The number of fused-ring (bicyclic) bond motifs is 3. The maximum absolute atomic E-state index is 14.5. The lowest BCUT2D eigenvalue weighted by Gasteiger charge is -2.08. The molecule has 0 unspecified atom stereocenters. The molecule has 9 heteroatoms. The Kier molecular flexibility index (Phi) is 4.78. The molecule has 0 fully saturated rings. The molecule has 0 atom stereocenters. The number of carbonyl (C=O) groups is 1. The van der Waals surface area contributed by atoms with Crippen LogP contribution in [0, 0.1) is 5.82 Å². The number of imidazole rings is 1. The first kappa shape index (κ1) is 19.7. The van der Waals surface area contributed by atoms with Crippen LogP contribution in [0.25, 0.3) is 33.3 Å². The topological polar surface area (TPSA) is 101 Å². The molecule has 32 heavy (non-hydrogen) atoms. The number of nitrogens with one attached hydrogen (secondary N) is 3. The second-order valence-electron chi connectivity index (χ2n) is 7.43. The Labute approximate surface area is 182 Å². The number of carbonyl (C=O) groups excluding carboxylic acids is 1. The number of hydrogen-bond donors (Lipinski definition) is 3. The predicted molar refractivity (Wildman–Crippen MR) is 121 cm³/mol. The molecule has 0 saturated heterocycles. The normalized spacial score (nSPS) is 11.2. The van der Waals surface area contributed by atoms with E-state index in [1.807, 2.05) is 17.7 Å². The van der Waals surface area contributed by atoms with Crippen LogP contribution in [0.5, 0.6) is 0 Å². The van der Waals surface area contributed by atoms with Gasteiger partial charge in [0.25, 0.3) is 5.91 Å². The number of aryl methyl sites for hydroxylation is 1. The lowest BCUT2D eigenvalue weighted by Crippen LogP contribution is -2.23. The third kappa shape index (κ3) is 3.33. The van der Waals surface area contributed by atoms with Gasteiger partial charge in [0, 0.05) is 55.2 Å². The van der Waals surface area contributed by atoms with E-state index in [0.717, 1.165) is 27.7 Å². The van der Waals surface area contributed by atoms with E-state index in [2.05, 4.69) is 30.6 Å². The molecule has 1 amide bonds. The van der Waals surface area contributed by atoms with Gasteiger partial charge < -0.3 is 20.2 Å². The van der Waals surface area contributed by atoms with Crippen LogP contribution in [0.1, 0.15) is 15.9 Å². The van der Waals surface area contributed by atoms with E-state index in [4.69, 9.17) is 0 Å². The fraction of sp³-hybridized carbons (Fsp3) is 0.130. The molecule has 0 bridgehead atoms. The maximum Gasteiger partial charge on any atom is 0.251 e. The van der Waals surface area contributed by atoms with E-state index < -0.39 is 0 Å². The van der Waals surface area contributed by atoms with Crippen LogP contribution in [-0.4, -0.2) is 37.5 Å². The molecule has 3 N–H and O–H groups in total. The van der Waals surface area contributed by atoms with Crippen molar-refractivity contribution in [3.8, 4) is 11.3 Å². The van der Waals surface area contributed by atoms with Crippen molar-refractivity contribution in [1.29, 1.82) is 0 Å². The Morgan fingerprint density at radius 1 is 1.19 bits per heavy atom. The lowest BCUT2D eigenvalue weighted by molar-refractivity contribution is 0.0950. The zero-order valence-corrected chi connectivity index (χ0v) is 17.5. The van der Waals surface area contributed by atoms with Crippen molar-refractivity contribution in [3.05, 3.63) is 72.1 Å². The van der Waals surface area contributed by atoms with Gasteiger partial charge in [-0.15, -0.1) is 0 Å². The minimum Gasteiger partial charge on any atom is -0.371 e. The SMILES string of the molecule is CNc1nc2[nH]c(-c3ccc(F)c(CNC(=O)c4ccncc4)c3)cc2c2c1ncn2C. The van der Waals surface area contributed by atoms with Crippen molar-refractivity contribution < 1.29 is 9.18 Å². The third-order valence-electron chi connectivity index (χ3n) is 5.41. The third-order valence-corrected chi connectivity index (χ3v) is 5.41. The van der Waals surface area contributed by atoms with Crippen molar-refractivity contribution in [2.75, 3.05) is 12.4 Å². The highest BCUT2D eigenvalue weighted by atomic mass is 19.1. The van der Waals surface area contributed by atoms with Gasteiger partial charge in [0.1, 0.15) is 17.0 Å². The molecular weight excluding hydrogens is 409 g/mol. The second kappa shape index (κ2) is 7.77. The molecule has 5 rings (SSSR count). The summed E-state index contributed by atoms with van der Waals surface area (Å²) in [4.78, 5) is 28.6. The van der Waals surface area contributed by atoms with Crippen LogP contribution in [0.3, 0.4) is 0 Å². The van der Waals surface area contributed by atoms with Gasteiger partial charge >= 0.3 is 0 Å². The average molecular weight is 429 g/mol. The summed E-state index contributed by atoms with van der Waals surface area (Å²) in [5.74, 6) is 0.00911. The highest BCUT2D eigenvalue weighted by Gasteiger charge is 2.16. The molecule has 0 aliphatic carbocycles. The Morgan fingerprint density at radius 3 is 2.78 bits per heavy atom. The molecular formula is C23H20FN7O. The van der Waals surface area contributed by atoms with Gasteiger partial charge in [0.2, 0.25) is 0 Å². The van der Waals surface area contributed by atoms with E-state index in [-0.39, 0.29) is 18.3 Å². The Bertz CT molecular complexity index is 1460. The standard InChI is InChI=1S/C23H20FN7O/c1-25-22-19-20(31(2)12-28-19)16-10-18(29-21(16)30-22)14-3-4-17(24)15(9-14)11-27-23(32)13-5-7-26-8-6-13/h3-10,12H,11H2,1-2H3,(H,27,32)(H2,25,29,30). The summed E-state index contributed by atoms with van der Waals surface area (Å²) in [6.45, 7) is 0.0647. The molecule has 0 aliphatic heterocycles. The number of anilines is 1. The number of rotatable bonds is 5. The summed E-state index contributed by atoms with van der Waals surface area (Å²) in [6, 6.07) is 10.0. The zero-order chi connectivity index (χ0) is 22.2. The Balaban J connectivity index is 1.49. The highest BCUT2D eigenvalue weighted by molar-refractivity contribution is 6.07. The van der Waals surface area contributed by atoms with Gasteiger partial charge in [-0.3, -0.25) is 9.78 Å². The smallest absolute Gasteiger partial charge is 0.251 e. The van der Waals surface area contributed by atoms with Crippen LogP contribution in [0.15, 0.2) is 55.1 Å². The molecule has 0 saturated carbocycles. The van der Waals surface area contributed by atoms with E-state index in [1.54, 1.807) is 50.0 Å². The molecule has 0 spiro atoms. The summed E-state index contributed by atoms with van der Waals surface area (Å²) < 4.78 is 16.4. The van der Waals surface area contributed by atoms with E-state index in [9.17, 15) is 9.18 Å². The van der Waals surface area contributed by atoms with Crippen LogP contribution in [0.2, 0.25) is 0 Å². The molecule has 4 aromatic heterocycles. The molecule has 0 radical (unpaired) electrons. The first-order valence-corrected chi connectivity index (χ1v) is 10.0. The first-order valence-electron chi connectivity index (χ1n) is 10.0. The summed E-state index contributed by atoms with van der Waals surface area (Å²) >= 11 is 0. The van der Waals surface area contributed by atoms with E-state index >= 15 is 0 Å². The van der Waals surface area contributed by atoms with Crippen molar-refractivity contribution in [3.63, 3.8) is 0 Å². The quantitative estimate of drug-likeness (QED) is 0.396. The van der Waals surface area contributed by atoms with Crippen LogP contribution < -0.4 is 10.6 Å². The monoisotopic (exact) mass is 429 g/mol. The largest absolute Gasteiger partial charge is 0.371 e. The van der Waals surface area contributed by atoms with Gasteiger partial charge in [0.05, 0.1) is 11.8 Å². The summed E-state index contributed by atoms with van der Waals surface area (Å²) in [7, 11) is 3.74. The molecule has 8 nitrogen and oxygen atoms in total. The molecule has 4 heterocycles. The van der Waals surface area contributed by atoms with Crippen molar-refractivity contribution in [2.45, 2.75) is 6.54 Å². The maximum atomic E-state index is 14.5. The Morgan fingerprint density at radius 2 is 2.00 bits per heavy atom. The number of benzene rings is 1. The van der Waals surface area contributed by atoms with Crippen molar-refractivity contribution in [1.82, 2.24) is 29.8 Å². The fourth-order valence-corrected chi connectivity index (χ4v) is 3.79. The van der Waals surface area contributed by atoms with Crippen LogP contribution in [-0.2, 0) is 13.6 Å². The number of hydrogen-bond acceptors (Lipinski definition) is 5. The second-order valence-corrected chi connectivity index (χ2v) is 7.43. The zero-order valence-electron chi connectivity index (χ0n) is 17.5. The van der Waals surface area contributed by atoms with Gasteiger partial charge in [-0.25, -0.2) is 14.4 Å². The lowest BCUT2D eigenvalue weighted by atomic mass is 10.1. The minimum atomic E-state index is -0.385. The van der Waals surface area contributed by atoms with Gasteiger partial charge in [-0.05, 0) is 42.0 Å². The van der Waals surface area contributed by atoms with Gasteiger partial charge in [0.15, 0.2) is 5.82 Å². The summed E-state index contributed by atoms with van der Waals surface area (Å²) in [6.07, 6.45) is 4.83. The van der Waals surface area contributed by atoms with Crippen LogP contribution >= 0.6 is 0 Å². The van der Waals surface area contributed by atoms with Crippen molar-refractivity contribution >= 4 is 33.8 Å². The van der Waals surface area contributed by atoms with Gasteiger partial charge in [-0.2, -0.15) is 0 Å². The molecule has 1 aromatic carbocycles. The van der Waals surface area contributed by atoms with Crippen LogP contribution in [0.4, 0.5) is 10.2 Å². The van der Waals surface area contributed by atoms with E-state index in [1.165, 1.54) is 6.07 Å². The van der Waals surface area contributed by atoms with E-state index in [0.29, 0.717) is 22.6 Å². The summed E-state index contributed by atoms with van der Waals surface area (Å²) in [5.41, 5.74) is 4.89. The fourth-order valence-electron chi connectivity index (χ4n) is 3.79. The first-order chi connectivity index (χ1) is 15.5. The average Bonchev–Trinajstić information content (AvgIpc) is 3.41. The summed E-state index contributed by atoms with van der Waals surface area (Å²) in [5, 5.41) is 6.76. The minimum absolute atomic E-state index is 0.0647. The predicted octanol–water partition coefficient (Wildman–Crippen LogP) is 3.62. The number of aromatic amines is 1. The number of pyridine rings is 2. The Hall–Kier alpha value is -4.27. The molecule has 160 valence electrons. The molecule has 5 aromatic rings. The molecule has 0 aliphatic rings. The van der Waals surface area contributed by atoms with Crippen molar-refractivity contribution in [2.24, 2.45) is 7.05 Å². The number of halogens is 1. The number of aromatic nitrogens is 5. The van der Waals surface area contributed by atoms with Gasteiger partial charge in [-0.1, -0.05) is 0 Å². The highest BCUT2D eigenvalue weighted by Crippen LogP contribution is 2.32. The number of amides is 1.